The van der Waals surface area contributed by atoms with E-state index in [1.165, 1.54) is 37.8 Å². The lowest BCUT2D eigenvalue weighted by Gasteiger charge is -2.14. The maximum atomic E-state index is 6.15. The summed E-state index contributed by atoms with van der Waals surface area (Å²) in [5.41, 5.74) is 7.43. The minimum atomic E-state index is 0.185. The zero-order valence-corrected chi connectivity index (χ0v) is 10.5. The largest absolute Gasteiger partial charge is 0.354 e. The molecule has 1 aromatic rings. The van der Waals surface area contributed by atoms with Crippen LogP contribution in [-0.2, 0) is 6.54 Å². The first-order valence-corrected chi connectivity index (χ1v) is 6.58. The molecule has 1 aliphatic rings. The Morgan fingerprint density at radius 1 is 1.38 bits per heavy atom. The van der Waals surface area contributed by atoms with Gasteiger partial charge in [0, 0.05) is 25.0 Å². The topological polar surface area (TPSA) is 30.9 Å². The predicted molar refractivity (Wildman–Crippen MR) is 68.2 cm³/mol. The van der Waals surface area contributed by atoms with Crippen LogP contribution in [0.15, 0.2) is 18.5 Å². The third kappa shape index (κ3) is 2.67. The molecular weight excluding hydrogens is 196 g/mol. The van der Waals surface area contributed by atoms with Gasteiger partial charge in [0.05, 0.1) is 0 Å². The highest BCUT2D eigenvalue weighted by Crippen LogP contribution is 2.27. The van der Waals surface area contributed by atoms with E-state index in [0.717, 1.165) is 5.92 Å². The van der Waals surface area contributed by atoms with Crippen molar-refractivity contribution in [1.29, 1.82) is 0 Å². The average molecular weight is 220 g/mol. The molecule has 0 aromatic carbocycles. The van der Waals surface area contributed by atoms with E-state index in [1.54, 1.807) is 0 Å². The maximum absolute atomic E-state index is 6.15. The Morgan fingerprint density at radius 3 is 2.69 bits per heavy atom. The van der Waals surface area contributed by atoms with Gasteiger partial charge in [-0.2, -0.15) is 0 Å². The van der Waals surface area contributed by atoms with Crippen molar-refractivity contribution in [3.05, 3.63) is 24.0 Å². The summed E-state index contributed by atoms with van der Waals surface area (Å²) in [7, 11) is 0. The molecule has 1 fully saturated rings. The van der Waals surface area contributed by atoms with Gasteiger partial charge in [0.1, 0.15) is 0 Å². The minimum Gasteiger partial charge on any atom is -0.354 e. The van der Waals surface area contributed by atoms with Gasteiger partial charge in [-0.25, -0.2) is 0 Å². The summed E-state index contributed by atoms with van der Waals surface area (Å²) < 4.78 is 2.33. The van der Waals surface area contributed by atoms with Gasteiger partial charge in [0.2, 0.25) is 0 Å². The lowest BCUT2D eigenvalue weighted by atomic mass is 10.00. The van der Waals surface area contributed by atoms with Gasteiger partial charge in [-0.05, 0) is 36.3 Å². The van der Waals surface area contributed by atoms with E-state index in [9.17, 15) is 0 Å². The van der Waals surface area contributed by atoms with Crippen LogP contribution in [0.1, 0.15) is 51.1 Å². The number of nitrogens with two attached hydrogens (primary N) is 1. The van der Waals surface area contributed by atoms with Crippen LogP contribution in [-0.4, -0.2) is 4.57 Å². The third-order valence-electron chi connectivity index (χ3n) is 3.82. The van der Waals surface area contributed by atoms with Gasteiger partial charge in [0.15, 0.2) is 0 Å². The molecule has 0 amide bonds. The van der Waals surface area contributed by atoms with Gasteiger partial charge < -0.3 is 10.3 Å². The van der Waals surface area contributed by atoms with Gasteiger partial charge in [0.25, 0.3) is 0 Å². The van der Waals surface area contributed by atoms with E-state index in [4.69, 9.17) is 5.73 Å². The van der Waals surface area contributed by atoms with Crippen LogP contribution in [0.4, 0.5) is 0 Å². The van der Waals surface area contributed by atoms with Crippen LogP contribution in [0.5, 0.6) is 0 Å². The van der Waals surface area contributed by atoms with Crippen molar-refractivity contribution in [1.82, 2.24) is 4.57 Å². The van der Waals surface area contributed by atoms with Gasteiger partial charge in [-0.1, -0.05) is 26.7 Å². The predicted octanol–water partition coefficient (Wildman–Crippen LogP) is 3.33. The van der Waals surface area contributed by atoms with E-state index >= 15 is 0 Å². The summed E-state index contributed by atoms with van der Waals surface area (Å²) in [6.45, 7) is 5.54. The quantitative estimate of drug-likeness (QED) is 0.829. The Hall–Kier alpha value is -0.760. The fourth-order valence-corrected chi connectivity index (χ4v) is 2.65. The molecule has 1 unspecified atom stereocenters. The fraction of sp³-hybridized carbons (Fsp3) is 0.714. The van der Waals surface area contributed by atoms with Gasteiger partial charge in [-0.3, -0.25) is 0 Å². The van der Waals surface area contributed by atoms with Crippen LogP contribution in [0.25, 0.3) is 0 Å². The zero-order chi connectivity index (χ0) is 11.5. The number of rotatable bonds is 4. The molecule has 1 aliphatic carbocycles. The summed E-state index contributed by atoms with van der Waals surface area (Å²) in [5.74, 6) is 1.41. The van der Waals surface area contributed by atoms with Crippen LogP contribution in [0, 0.1) is 11.8 Å². The Bertz CT molecular complexity index is 321. The second-order valence-electron chi connectivity index (χ2n) is 5.56. The second-order valence-corrected chi connectivity index (χ2v) is 5.56. The summed E-state index contributed by atoms with van der Waals surface area (Å²) in [4.78, 5) is 0. The zero-order valence-electron chi connectivity index (χ0n) is 10.5. The number of hydrogen-bond acceptors (Lipinski definition) is 1. The van der Waals surface area contributed by atoms with Gasteiger partial charge >= 0.3 is 0 Å². The SMILES string of the molecule is CC(C)C(N)c1ccn(CC2CCCC2)c1. The average Bonchev–Trinajstić information content (AvgIpc) is 2.88. The van der Waals surface area contributed by atoms with Gasteiger partial charge in [-0.15, -0.1) is 0 Å². The van der Waals surface area contributed by atoms with Crippen molar-refractivity contribution in [2.45, 2.75) is 52.1 Å². The molecule has 2 heteroatoms. The monoisotopic (exact) mass is 220 g/mol. The smallest absolute Gasteiger partial charge is 0.0333 e. The normalized spacial score (nSPS) is 19.5. The highest BCUT2D eigenvalue weighted by atomic mass is 14.9. The Labute approximate surface area is 98.8 Å². The Morgan fingerprint density at radius 2 is 2.06 bits per heavy atom. The number of nitrogens with zero attached hydrogens (tertiary/aromatic N) is 1. The summed E-state index contributed by atoms with van der Waals surface area (Å²) in [6.07, 6.45) is 10.1. The van der Waals surface area contributed by atoms with Crippen LogP contribution in [0.2, 0.25) is 0 Å². The molecular formula is C14H24N2. The fourth-order valence-electron chi connectivity index (χ4n) is 2.65. The molecule has 0 saturated heterocycles. The molecule has 2 N–H and O–H groups in total. The van der Waals surface area contributed by atoms with E-state index in [-0.39, 0.29) is 6.04 Å². The highest BCUT2D eigenvalue weighted by Gasteiger charge is 2.16. The minimum absolute atomic E-state index is 0.185. The van der Waals surface area contributed by atoms with E-state index in [1.807, 2.05) is 0 Å². The molecule has 2 rings (SSSR count). The van der Waals surface area contributed by atoms with Crippen molar-refractivity contribution in [2.24, 2.45) is 17.6 Å². The van der Waals surface area contributed by atoms with Crippen molar-refractivity contribution in [2.75, 3.05) is 0 Å². The Kier molecular flexibility index (Phi) is 3.70. The lowest BCUT2D eigenvalue weighted by Crippen LogP contribution is -2.16. The molecule has 0 aliphatic heterocycles. The van der Waals surface area contributed by atoms with E-state index in [2.05, 4.69) is 36.9 Å². The Balaban J connectivity index is 1.96. The molecule has 2 nitrogen and oxygen atoms in total. The lowest BCUT2D eigenvalue weighted by molar-refractivity contribution is 0.455. The molecule has 0 bridgehead atoms. The third-order valence-corrected chi connectivity index (χ3v) is 3.82. The summed E-state index contributed by atoms with van der Waals surface area (Å²) >= 11 is 0. The van der Waals surface area contributed by atoms with Crippen molar-refractivity contribution >= 4 is 0 Å². The number of aromatic nitrogens is 1. The first-order chi connectivity index (χ1) is 7.66. The molecule has 1 heterocycles. The molecule has 1 aromatic heterocycles. The summed E-state index contributed by atoms with van der Waals surface area (Å²) in [6, 6.07) is 2.37. The first-order valence-electron chi connectivity index (χ1n) is 6.58. The molecule has 1 atom stereocenters. The van der Waals surface area contributed by atoms with Crippen molar-refractivity contribution < 1.29 is 0 Å². The van der Waals surface area contributed by atoms with E-state index in [0.29, 0.717) is 5.92 Å². The highest BCUT2D eigenvalue weighted by molar-refractivity contribution is 5.15. The molecule has 90 valence electrons. The van der Waals surface area contributed by atoms with Crippen LogP contribution >= 0.6 is 0 Å². The molecule has 1 saturated carbocycles. The number of hydrogen-bond donors (Lipinski definition) is 1. The summed E-state index contributed by atoms with van der Waals surface area (Å²) in [5, 5.41) is 0. The van der Waals surface area contributed by atoms with Crippen LogP contribution < -0.4 is 5.73 Å². The maximum Gasteiger partial charge on any atom is 0.0333 e. The van der Waals surface area contributed by atoms with Crippen LogP contribution in [0.3, 0.4) is 0 Å². The van der Waals surface area contributed by atoms with E-state index < -0.39 is 0 Å². The standard InChI is InChI=1S/C14H24N2/c1-11(2)14(15)13-7-8-16(10-13)9-12-5-3-4-6-12/h7-8,10-12,14H,3-6,9,15H2,1-2H3. The molecule has 0 spiro atoms. The second kappa shape index (κ2) is 5.05. The van der Waals surface area contributed by atoms with Crippen molar-refractivity contribution in [3.8, 4) is 0 Å². The molecule has 0 radical (unpaired) electrons. The molecule has 16 heavy (non-hydrogen) atoms. The van der Waals surface area contributed by atoms with Crippen molar-refractivity contribution in [3.63, 3.8) is 0 Å². The first kappa shape index (κ1) is 11.7.